The number of unbranched alkanes of at least 4 members (excludes halogenated alkanes) is 6. The van der Waals surface area contributed by atoms with Crippen LogP contribution >= 0.6 is 0 Å². The topological polar surface area (TPSA) is 60.7 Å². The lowest BCUT2D eigenvalue weighted by Gasteiger charge is -2.18. The zero-order chi connectivity index (χ0) is 13.8. The smallest absolute Gasteiger partial charge is 0.0978 e. The van der Waals surface area contributed by atoms with Gasteiger partial charge in [-0.2, -0.15) is 0 Å². The fourth-order valence-electron chi connectivity index (χ4n) is 2.03. The standard InChI is InChI=1S/C15H30O3/c1-3-5-6-7-8-9-10-11-13(16)12-15(18)14(17)4-2/h4,13-18H,2-3,5-12H2,1H3/t13-,14+,15+/m1/s1. The molecule has 0 aromatic rings. The van der Waals surface area contributed by atoms with Gasteiger partial charge in [0.2, 0.25) is 0 Å². The van der Waals surface area contributed by atoms with Crippen LogP contribution < -0.4 is 0 Å². The van der Waals surface area contributed by atoms with Crippen LogP contribution in [0.4, 0.5) is 0 Å². The molecule has 0 rings (SSSR count). The van der Waals surface area contributed by atoms with Gasteiger partial charge in [-0.25, -0.2) is 0 Å². The van der Waals surface area contributed by atoms with Crippen LogP contribution in [0, 0.1) is 0 Å². The summed E-state index contributed by atoms with van der Waals surface area (Å²) in [6.07, 6.45) is 8.39. The van der Waals surface area contributed by atoms with Gasteiger partial charge in [0.15, 0.2) is 0 Å². The molecule has 0 aliphatic heterocycles. The Hall–Kier alpha value is -0.380. The first-order valence-corrected chi connectivity index (χ1v) is 7.28. The van der Waals surface area contributed by atoms with Gasteiger partial charge in [0.05, 0.1) is 18.3 Å². The summed E-state index contributed by atoms with van der Waals surface area (Å²) in [5.74, 6) is 0. The summed E-state index contributed by atoms with van der Waals surface area (Å²) in [4.78, 5) is 0. The molecule has 0 heterocycles. The predicted molar refractivity (Wildman–Crippen MR) is 75.4 cm³/mol. The van der Waals surface area contributed by atoms with Gasteiger partial charge < -0.3 is 15.3 Å². The van der Waals surface area contributed by atoms with Crippen LogP contribution in [0.15, 0.2) is 12.7 Å². The molecule has 0 amide bonds. The maximum Gasteiger partial charge on any atom is 0.0978 e. The van der Waals surface area contributed by atoms with Crippen molar-refractivity contribution < 1.29 is 15.3 Å². The number of hydrogen-bond acceptors (Lipinski definition) is 3. The zero-order valence-corrected chi connectivity index (χ0v) is 11.7. The van der Waals surface area contributed by atoms with E-state index in [4.69, 9.17) is 0 Å². The van der Waals surface area contributed by atoms with Crippen LogP contribution in [-0.2, 0) is 0 Å². The van der Waals surface area contributed by atoms with E-state index in [9.17, 15) is 15.3 Å². The first-order chi connectivity index (χ1) is 8.61. The van der Waals surface area contributed by atoms with E-state index in [1.54, 1.807) is 0 Å². The molecule has 0 fully saturated rings. The lowest BCUT2D eigenvalue weighted by atomic mass is 10.0. The maximum atomic E-state index is 9.70. The molecule has 0 saturated carbocycles. The summed E-state index contributed by atoms with van der Waals surface area (Å²) in [5, 5.41) is 28.5. The van der Waals surface area contributed by atoms with Crippen molar-refractivity contribution in [2.45, 2.75) is 83.0 Å². The van der Waals surface area contributed by atoms with Crippen LogP contribution in [-0.4, -0.2) is 33.6 Å². The van der Waals surface area contributed by atoms with Crippen LogP contribution in [0.3, 0.4) is 0 Å². The monoisotopic (exact) mass is 258 g/mol. The Morgan fingerprint density at radius 3 is 2.06 bits per heavy atom. The molecule has 0 bridgehead atoms. The number of aliphatic hydroxyl groups excluding tert-OH is 3. The van der Waals surface area contributed by atoms with Crippen molar-refractivity contribution in [2.24, 2.45) is 0 Å². The summed E-state index contributed by atoms with van der Waals surface area (Å²) in [5.41, 5.74) is 0. The molecule has 3 heteroatoms. The lowest BCUT2D eigenvalue weighted by molar-refractivity contribution is 0.00763. The molecule has 0 aromatic heterocycles. The van der Waals surface area contributed by atoms with E-state index in [-0.39, 0.29) is 6.42 Å². The molecular formula is C15H30O3. The van der Waals surface area contributed by atoms with E-state index in [1.807, 2.05) is 0 Å². The molecule has 3 atom stereocenters. The Labute approximate surface area is 112 Å². The van der Waals surface area contributed by atoms with Gasteiger partial charge in [0.25, 0.3) is 0 Å². The normalized spacial score (nSPS) is 16.2. The second-order valence-electron chi connectivity index (χ2n) is 5.09. The molecular weight excluding hydrogens is 228 g/mol. The predicted octanol–water partition coefficient (Wildman–Crippen LogP) is 2.79. The average Bonchev–Trinajstić information content (AvgIpc) is 2.36. The van der Waals surface area contributed by atoms with Gasteiger partial charge in [0.1, 0.15) is 0 Å². The van der Waals surface area contributed by atoms with E-state index >= 15 is 0 Å². The van der Waals surface area contributed by atoms with Crippen molar-refractivity contribution >= 4 is 0 Å². The van der Waals surface area contributed by atoms with Crippen molar-refractivity contribution in [3.8, 4) is 0 Å². The summed E-state index contributed by atoms with van der Waals surface area (Å²) in [7, 11) is 0. The van der Waals surface area contributed by atoms with Crippen LogP contribution in [0.2, 0.25) is 0 Å². The van der Waals surface area contributed by atoms with Crippen LogP contribution in [0.5, 0.6) is 0 Å². The minimum absolute atomic E-state index is 0.225. The second-order valence-corrected chi connectivity index (χ2v) is 5.09. The molecule has 0 radical (unpaired) electrons. The minimum atomic E-state index is -0.936. The van der Waals surface area contributed by atoms with Gasteiger partial charge in [-0.3, -0.25) is 0 Å². The van der Waals surface area contributed by atoms with Gasteiger partial charge in [0, 0.05) is 6.42 Å². The molecule has 0 spiro atoms. The Morgan fingerprint density at radius 2 is 1.50 bits per heavy atom. The fourth-order valence-corrected chi connectivity index (χ4v) is 2.03. The van der Waals surface area contributed by atoms with E-state index in [0.29, 0.717) is 6.42 Å². The second kappa shape index (κ2) is 11.7. The van der Waals surface area contributed by atoms with Crippen molar-refractivity contribution in [3.63, 3.8) is 0 Å². The van der Waals surface area contributed by atoms with E-state index in [1.165, 1.54) is 38.2 Å². The highest BCUT2D eigenvalue weighted by Gasteiger charge is 2.17. The Bertz CT molecular complexity index is 194. The van der Waals surface area contributed by atoms with E-state index in [2.05, 4.69) is 13.5 Å². The van der Waals surface area contributed by atoms with Crippen molar-refractivity contribution in [2.75, 3.05) is 0 Å². The largest absolute Gasteiger partial charge is 0.393 e. The molecule has 3 N–H and O–H groups in total. The van der Waals surface area contributed by atoms with Crippen LogP contribution in [0.25, 0.3) is 0 Å². The van der Waals surface area contributed by atoms with Crippen molar-refractivity contribution in [1.82, 2.24) is 0 Å². The fraction of sp³-hybridized carbons (Fsp3) is 0.867. The van der Waals surface area contributed by atoms with E-state index in [0.717, 1.165) is 12.8 Å². The summed E-state index contributed by atoms with van der Waals surface area (Å²) < 4.78 is 0. The molecule has 0 aliphatic carbocycles. The number of aliphatic hydroxyl groups is 3. The highest BCUT2D eigenvalue weighted by Crippen LogP contribution is 2.13. The Morgan fingerprint density at radius 1 is 0.944 bits per heavy atom. The third kappa shape index (κ3) is 9.63. The first kappa shape index (κ1) is 17.6. The SMILES string of the molecule is C=C[C@H](O)[C@@H](O)C[C@H](O)CCCCCCCCC. The third-order valence-electron chi connectivity index (χ3n) is 3.29. The van der Waals surface area contributed by atoms with Gasteiger partial charge >= 0.3 is 0 Å². The van der Waals surface area contributed by atoms with Crippen LogP contribution in [0.1, 0.15) is 64.7 Å². The highest BCUT2D eigenvalue weighted by atomic mass is 16.3. The Kier molecular flexibility index (Phi) is 11.4. The van der Waals surface area contributed by atoms with Gasteiger partial charge in [-0.05, 0) is 6.42 Å². The molecule has 0 aromatic carbocycles. The Balaban J connectivity index is 3.41. The zero-order valence-electron chi connectivity index (χ0n) is 11.7. The molecule has 3 nitrogen and oxygen atoms in total. The first-order valence-electron chi connectivity index (χ1n) is 7.28. The molecule has 0 aliphatic rings. The van der Waals surface area contributed by atoms with Crippen molar-refractivity contribution in [1.29, 1.82) is 0 Å². The third-order valence-corrected chi connectivity index (χ3v) is 3.29. The minimum Gasteiger partial charge on any atom is -0.393 e. The lowest BCUT2D eigenvalue weighted by Crippen LogP contribution is -2.28. The molecule has 18 heavy (non-hydrogen) atoms. The summed E-state index contributed by atoms with van der Waals surface area (Å²) in [6.45, 7) is 5.62. The number of hydrogen-bond donors (Lipinski definition) is 3. The van der Waals surface area contributed by atoms with Crippen molar-refractivity contribution in [3.05, 3.63) is 12.7 Å². The summed E-state index contributed by atoms with van der Waals surface area (Å²) >= 11 is 0. The van der Waals surface area contributed by atoms with E-state index < -0.39 is 18.3 Å². The molecule has 0 saturated heterocycles. The molecule has 108 valence electrons. The maximum absolute atomic E-state index is 9.70. The molecule has 0 unspecified atom stereocenters. The highest BCUT2D eigenvalue weighted by molar-refractivity contribution is 4.85. The quantitative estimate of drug-likeness (QED) is 0.372. The van der Waals surface area contributed by atoms with Gasteiger partial charge in [-0.1, -0.05) is 57.9 Å². The van der Waals surface area contributed by atoms with Gasteiger partial charge in [-0.15, -0.1) is 6.58 Å². The average molecular weight is 258 g/mol. The number of rotatable bonds is 12. The summed E-state index contributed by atoms with van der Waals surface area (Å²) in [6, 6.07) is 0.